The lowest BCUT2D eigenvalue weighted by atomic mass is 10.1. The van der Waals surface area contributed by atoms with Gasteiger partial charge in [0, 0.05) is 49.1 Å². The molecule has 0 atom stereocenters. The molecule has 3 rings (SSSR count). The number of fused-ring (bicyclic) bond motifs is 1. The molecule has 128 valence electrons. The number of methoxy groups -OCH3 is 1. The number of likely N-dealkylation sites (tertiary alicyclic amines) is 1. The Hall–Kier alpha value is -2.57. The largest absolute Gasteiger partial charge is 0.494 e. The number of rotatable bonds is 3. The molecular formula is C17H19FN2O4. The Labute approximate surface area is 138 Å². The summed E-state index contributed by atoms with van der Waals surface area (Å²) in [7, 11) is 1.47. The summed E-state index contributed by atoms with van der Waals surface area (Å²) in [6.45, 7) is 2.70. The number of aromatic nitrogens is 1. The number of halogens is 1. The number of ether oxygens (including phenoxy) is 2. The van der Waals surface area contributed by atoms with Crippen molar-refractivity contribution in [1.82, 2.24) is 9.88 Å². The SMILES string of the molecule is COc1cc(F)cc2c(OC3CCN(C(=O)O)CC3)cc(C)nc12. The minimum Gasteiger partial charge on any atom is -0.494 e. The lowest BCUT2D eigenvalue weighted by molar-refractivity contribution is 0.0901. The van der Waals surface area contributed by atoms with Crippen LogP contribution in [-0.4, -0.2) is 47.4 Å². The molecule has 1 aliphatic rings. The highest BCUT2D eigenvalue weighted by Gasteiger charge is 2.24. The summed E-state index contributed by atoms with van der Waals surface area (Å²) in [6, 6.07) is 4.45. The molecule has 2 aromatic rings. The second kappa shape index (κ2) is 6.51. The minimum absolute atomic E-state index is 0.111. The molecule has 1 aromatic carbocycles. The summed E-state index contributed by atoms with van der Waals surface area (Å²) in [5, 5.41) is 9.56. The fraction of sp³-hybridized carbons (Fsp3) is 0.412. The van der Waals surface area contributed by atoms with E-state index >= 15 is 0 Å². The van der Waals surface area contributed by atoms with Crippen LogP contribution in [-0.2, 0) is 0 Å². The number of aryl methyl sites for hydroxylation is 1. The van der Waals surface area contributed by atoms with Gasteiger partial charge in [-0.1, -0.05) is 0 Å². The number of pyridine rings is 1. The molecule has 1 aliphatic heterocycles. The standard InChI is InChI=1S/C17H19FN2O4/c1-10-7-14(24-12-3-5-20(6-4-12)17(21)22)13-8-11(18)9-15(23-2)16(13)19-10/h7-9,12H,3-6H2,1-2H3,(H,21,22). The molecule has 1 amide bonds. The van der Waals surface area contributed by atoms with Gasteiger partial charge in [0.15, 0.2) is 0 Å². The van der Waals surface area contributed by atoms with Crippen LogP contribution in [0.15, 0.2) is 18.2 Å². The summed E-state index contributed by atoms with van der Waals surface area (Å²) in [6.07, 6.45) is 0.175. The predicted octanol–water partition coefficient (Wildman–Crippen LogP) is 3.21. The van der Waals surface area contributed by atoms with Gasteiger partial charge in [-0.25, -0.2) is 14.2 Å². The Morgan fingerprint density at radius 1 is 1.29 bits per heavy atom. The van der Waals surface area contributed by atoms with Gasteiger partial charge >= 0.3 is 6.09 Å². The molecule has 0 bridgehead atoms. The van der Waals surface area contributed by atoms with Gasteiger partial charge in [0.05, 0.1) is 7.11 Å². The van der Waals surface area contributed by atoms with Crippen LogP contribution in [0.5, 0.6) is 11.5 Å². The summed E-state index contributed by atoms with van der Waals surface area (Å²) in [5.74, 6) is 0.485. The van der Waals surface area contributed by atoms with Crippen molar-refractivity contribution >= 4 is 17.0 Å². The zero-order valence-electron chi connectivity index (χ0n) is 13.6. The van der Waals surface area contributed by atoms with Gasteiger partial charge in [-0.15, -0.1) is 0 Å². The van der Waals surface area contributed by atoms with Crippen LogP contribution in [0.1, 0.15) is 18.5 Å². The van der Waals surface area contributed by atoms with E-state index in [-0.39, 0.29) is 6.10 Å². The fourth-order valence-electron chi connectivity index (χ4n) is 2.95. The highest BCUT2D eigenvalue weighted by molar-refractivity contribution is 5.90. The van der Waals surface area contributed by atoms with E-state index in [2.05, 4.69) is 4.98 Å². The van der Waals surface area contributed by atoms with E-state index in [9.17, 15) is 9.18 Å². The van der Waals surface area contributed by atoms with Crippen molar-refractivity contribution < 1.29 is 23.8 Å². The second-order valence-electron chi connectivity index (χ2n) is 5.85. The van der Waals surface area contributed by atoms with E-state index in [0.717, 1.165) is 5.69 Å². The van der Waals surface area contributed by atoms with Crippen LogP contribution in [0.2, 0.25) is 0 Å². The number of piperidine rings is 1. The van der Waals surface area contributed by atoms with Crippen molar-refractivity contribution in [3.05, 3.63) is 29.7 Å². The van der Waals surface area contributed by atoms with Gasteiger partial charge in [0.2, 0.25) is 0 Å². The first kappa shape index (κ1) is 16.3. The maximum atomic E-state index is 13.8. The zero-order chi connectivity index (χ0) is 17.3. The highest BCUT2D eigenvalue weighted by Crippen LogP contribution is 2.34. The van der Waals surface area contributed by atoms with E-state index in [4.69, 9.17) is 14.6 Å². The van der Waals surface area contributed by atoms with Crippen molar-refractivity contribution in [2.24, 2.45) is 0 Å². The van der Waals surface area contributed by atoms with Gasteiger partial charge in [-0.3, -0.25) is 0 Å². The smallest absolute Gasteiger partial charge is 0.407 e. The van der Waals surface area contributed by atoms with Gasteiger partial charge in [-0.2, -0.15) is 0 Å². The van der Waals surface area contributed by atoms with Crippen LogP contribution in [0.25, 0.3) is 10.9 Å². The number of benzene rings is 1. The first-order valence-electron chi connectivity index (χ1n) is 7.77. The Morgan fingerprint density at radius 2 is 2.00 bits per heavy atom. The van der Waals surface area contributed by atoms with Gasteiger partial charge in [0.25, 0.3) is 0 Å². The molecule has 6 nitrogen and oxygen atoms in total. The number of nitrogens with zero attached hydrogens (tertiary/aromatic N) is 2. The van der Waals surface area contributed by atoms with Crippen LogP contribution in [0.3, 0.4) is 0 Å². The normalized spacial score (nSPS) is 15.5. The number of hydrogen-bond donors (Lipinski definition) is 1. The summed E-state index contributed by atoms with van der Waals surface area (Å²) >= 11 is 0. The van der Waals surface area contributed by atoms with E-state index in [1.807, 2.05) is 6.92 Å². The minimum atomic E-state index is -0.912. The van der Waals surface area contributed by atoms with Gasteiger partial charge in [-0.05, 0) is 13.0 Å². The van der Waals surface area contributed by atoms with Crippen molar-refractivity contribution in [1.29, 1.82) is 0 Å². The van der Waals surface area contributed by atoms with Gasteiger partial charge < -0.3 is 19.5 Å². The van der Waals surface area contributed by atoms with Crippen molar-refractivity contribution in [3.8, 4) is 11.5 Å². The van der Waals surface area contributed by atoms with Gasteiger partial charge in [0.1, 0.15) is 28.9 Å². The zero-order valence-corrected chi connectivity index (χ0v) is 13.6. The number of carbonyl (C=O) groups is 1. The lowest BCUT2D eigenvalue weighted by Gasteiger charge is -2.30. The summed E-state index contributed by atoms with van der Waals surface area (Å²) in [5.41, 5.74) is 1.29. The quantitative estimate of drug-likeness (QED) is 0.933. The topological polar surface area (TPSA) is 71.9 Å². The lowest BCUT2D eigenvalue weighted by Crippen LogP contribution is -2.41. The number of amides is 1. The first-order chi connectivity index (χ1) is 11.5. The third-order valence-corrected chi connectivity index (χ3v) is 4.16. The molecule has 1 saturated heterocycles. The predicted molar refractivity (Wildman–Crippen MR) is 86.2 cm³/mol. The van der Waals surface area contributed by atoms with Crippen LogP contribution >= 0.6 is 0 Å². The fourth-order valence-corrected chi connectivity index (χ4v) is 2.95. The third-order valence-electron chi connectivity index (χ3n) is 4.16. The molecule has 7 heteroatoms. The molecule has 0 aliphatic carbocycles. The summed E-state index contributed by atoms with van der Waals surface area (Å²) in [4.78, 5) is 16.8. The molecule has 0 spiro atoms. The van der Waals surface area contributed by atoms with Crippen LogP contribution in [0.4, 0.5) is 9.18 Å². The van der Waals surface area contributed by atoms with E-state index in [0.29, 0.717) is 48.3 Å². The molecule has 1 N–H and O–H groups in total. The average molecular weight is 334 g/mol. The second-order valence-corrected chi connectivity index (χ2v) is 5.85. The Morgan fingerprint density at radius 3 is 2.62 bits per heavy atom. The molecule has 0 radical (unpaired) electrons. The maximum Gasteiger partial charge on any atom is 0.407 e. The Kier molecular flexibility index (Phi) is 4.42. The van der Waals surface area contributed by atoms with Crippen molar-refractivity contribution in [2.45, 2.75) is 25.9 Å². The monoisotopic (exact) mass is 334 g/mol. The third kappa shape index (κ3) is 3.20. The van der Waals surface area contributed by atoms with Crippen molar-refractivity contribution in [3.63, 3.8) is 0 Å². The van der Waals surface area contributed by atoms with E-state index < -0.39 is 11.9 Å². The van der Waals surface area contributed by atoms with E-state index in [1.165, 1.54) is 24.1 Å². The van der Waals surface area contributed by atoms with E-state index in [1.54, 1.807) is 6.07 Å². The molecule has 1 fully saturated rings. The Balaban J connectivity index is 1.90. The summed E-state index contributed by atoms with van der Waals surface area (Å²) < 4.78 is 25.1. The average Bonchev–Trinajstić information content (AvgIpc) is 2.55. The van der Waals surface area contributed by atoms with Crippen molar-refractivity contribution in [2.75, 3.05) is 20.2 Å². The van der Waals surface area contributed by atoms with Crippen LogP contribution < -0.4 is 9.47 Å². The number of hydrogen-bond acceptors (Lipinski definition) is 4. The Bertz CT molecular complexity index is 773. The number of carboxylic acid groups (broad SMARTS) is 1. The molecule has 2 heterocycles. The maximum absolute atomic E-state index is 13.8. The molecular weight excluding hydrogens is 315 g/mol. The highest BCUT2D eigenvalue weighted by atomic mass is 19.1. The molecule has 0 unspecified atom stereocenters. The molecule has 0 saturated carbocycles. The van der Waals surface area contributed by atoms with Crippen LogP contribution in [0, 0.1) is 12.7 Å². The molecule has 1 aromatic heterocycles. The molecule has 24 heavy (non-hydrogen) atoms. The first-order valence-corrected chi connectivity index (χ1v) is 7.77.